The summed E-state index contributed by atoms with van der Waals surface area (Å²) in [4.78, 5) is 0. The zero-order valence-corrected chi connectivity index (χ0v) is 14.3. The minimum absolute atomic E-state index is 0.0433. The Morgan fingerprint density at radius 3 is 1.96 bits per heavy atom. The van der Waals surface area contributed by atoms with Crippen LogP contribution in [0, 0.1) is 36.0 Å². The molecule has 130 valence electrons. The molecule has 2 aromatic carbocycles. The number of para-hydroxylation sites is 1. The molecule has 1 nitrogen and oxygen atoms in total. The molecule has 0 amide bonds. The lowest BCUT2D eigenvalue weighted by atomic mass is 9.94. The number of rotatable bonds is 4. The molecule has 0 aliphatic carbocycles. The Bertz CT molecular complexity index is 764. The van der Waals surface area contributed by atoms with E-state index in [1.165, 1.54) is 0 Å². The van der Waals surface area contributed by atoms with Crippen molar-refractivity contribution in [2.45, 2.75) is 32.3 Å². The summed E-state index contributed by atoms with van der Waals surface area (Å²) in [6.45, 7) is 5.01. The molecule has 0 bridgehead atoms. The van der Waals surface area contributed by atoms with Crippen LogP contribution < -0.4 is 5.30 Å². The molecule has 0 heterocycles. The highest BCUT2D eigenvalue weighted by Gasteiger charge is 2.34. The highest BCUT2D eigenvalue weighted by atomic mass is 31.1. The molecule has 2 unspecified atom stereocenters. The summed E-state index contributed by atoms with van der Waals surface area (Å²) < 4.78 is 68.0. The van der Waals surface area contributed by atoms with E-state index in [4.69, 9.17) is 0 Å². The van der Waals surface area contributed by atoms with Crippen LogP contribution in [-0.4, -0.2) is 5.11 Å². The number of aromatic hydroxyl groups is 1. The Morgan fingerprint density at radius 2 is 1.46 bits per heavy atom. The van der Waals surface area contributed by atoms with Gasteiger partial charge in [-0.15, -0.1) is 0 Å². The van der Waals surface area contributed by atoms with Crippen molar-refractivity contribution in [1.82, 2.24) is 0 Å². The Morgan fingerprint density at radius 1 is 0.958 bits per heavy atom. The molecular formula is C17H16F5OP. The quantitative estimate of drug-likeness (QED) is 0.350. The van der Waals surface area contributed by atoms with E-state index in [1.54, 1.807) is 39.0 Å². The molecule has 0 fully saturated rings. The van der Waals surface area contributed by atoms with Crippen LogP contribution in [0.15, 0.2) is 18.2 Å². The Kier molecular flexibility index (Phi) is 5.19. The Labute approximate surface area is 138 Å². The standard InChI is InChI=1S/C17H16F5OP/c1-4-17(3,9-7-5-6-8(2)15(9)23)24-16-13(21)11(19)10(18)12(20)14(16)22/h5-7,23-24H,4H2,1-3H3. The van der Waals surface area contributed by atoms with Gasteiger partial charge in [0, 0.05) is 10.7 Å². The molecule has 0 aromatic heterocycles. The van der Waals surface area contributed by atoms with Gasteiger partial charge in [-0.1, -0.05) is 40.6 Å². The van der Waals surface area contributed by atoms with E-state index in [9.17, 15) is 27.1 Å². The zero-order valence-electron chi connectivity index (χ0n) is 13.3. The van der Waals surface area contributed by atoms with Crippen molar-refractivity contribution < 1.29 is 27.1 Å². The van der Waals surface area contributed by atoms with Gasteiger partial charge in [-0.05, 0) is 18.9 Å². The lowest BCUT2D eigenvalue weighted by Crippen LogP contribution is -2.24. The number of hydrogen-bond acceptors (Lipinski definition) is 1. The minimum Gasteiger partial charge on any atom is -0.507 e. The monoisotopic (exact) mass is 362 g/mol. The second kappa shape index (κ2) is 6.67. The van der Waals surface area contributed by atoms with Gasteiger partial charge in [0.05, 0.1) is 5.30 Å². The van der Waals surface area contributed by atoms with Crippen molar-refractivity contribution >= 4 is 13.9 Å². The van der Waals surface area contributed by atoms with Crippen molar-refractivity contribution in [3.05, 3.63) is 58.4 Å². The second-order valence-corrected chi connectivity index (χ2v) is 7.58. The lowest BCUT2D eigenvalue weighted by molar-refractivity contribution is 0.384. The van der Waals surface area contributed by atoms with Crippen molar-refractivity contribution in [2.75, 3.05) is 0 Å². The number of halogens is 5. The normalized spacial score (nSPS) is 14.3. The first-order chi connectivity index (χ1) is 11.1. The van der Waals surface area contributed by atoms with E-state index in [0.29, 0.717) is 17.5 Å². The van der Waals surface area contributed by atoms with Crippen LogP contribution >= 0.6 is 8.58 Å². The molecule has 2 rings (SSSR count). The van der Waals surface area contributed by atoms with Crippen molar-refractivity contribution in [3.63, 3.8) is 0 Å². The SMILES string of the molecule is CCC(C)(Pc1c(F)c(F)c(F)c(F)c1F)c1cccc(C)c1O. The summed E-state index contributed by atoms with van der Waals surface area (Å²) in [5.41, 5.74) is 0.974. The third kappa shape index (κ3) is 3.00. The van der Waals surface area contributed by atoms with Crippen LogP contribution in [0.4, 0.5) is 22.0 Å². The Hall–Kier alpha value is -1.68. The number of hydrogen-bond donors (Lipinski definition) is 1. The van der Waals surface area contributed by atoms with E-state index in [2.05, 4.69) is 0 Å². The third-order valence-electron chi connectivity index (χ3n) is 4.15. The van der Waals surface area contributed by atoms with Crippen LogP contribution in [0.2, 0.25) is 0 Å². The smallest absolute Gasteiger partial charge is 0.200 e. The van der Waals surface area contributed by atoms with Crippen LogP contribution in [0.1, 0.15) is 31.4 Å². The predicted molar refractivity (Wildman–Crippen MR) is 84.7 cm³/mol. The number of benzene rings is 2. The van der Waals surface area contributed by atoms with Crippen LogP contribution in [-0.2, 0) is 5.16 Å². The maximum Gasteiger partial charge on any atom is 0.200 e. The van der Waals surface area contributed by atoms with Gasteiger partial charge in [0.25, 0.3) is 0 Å². The van der Waals surface area contributed by atoms with Crippen LogP contribution in [0.5, 0.6) is 5.75 Å². The fourth-order valence-electron chi connectivity index (χ4n) is 2.44. The van der Waals surface area contributed by atoms with Gasteiger partial charge in [-0.25, -0.2) is 22.0 Å². The predicted octanol–water partition coefficient (Wildman–Crippen LogP) is 5.03. The number of phenolic OH excluding ortho intramolecular Hbond substituents is 1. The average molecular weight is 362 g/mol. The van der Waals surface area contributed by atoms with Crippen molar-refractivity contribution in [3.8, 4) is 5.75 Å². The van der Waals surface area contributed by atoms with Gasteiger partial charge in [0.1, 0.15) is 5.75 Å². The molecule has 0 saturated carbocycles. The third-order valence-corrected chi connectivity index (χ3v) is 6.01. The molecule has 0 aliphatic heterocycles. The summed E-state index contributed by atoms with van der Waals surface area (Å²) in [7, 11) is -0.751. The summed E-state index contributed by atoms with van der Waals surface area (Å²) in [5, 5.41) is 8.41. The zero-order chi connectivity index (χ0) is 18.2. The van der Waals surface area contributed by atoms with Crippen LogP contribution in [0.25, 0.3) is 0 Å². The summed E-state index contributed by atoms with van der Waals surface area (Å²) >= 11 is 0. The van der Waals surface area contributed by atoms with Crippen LogP contribution in [0.3, 0.4) is 0 Å². The molecule has 2 aromatic rings. The highest BCUT2D eigenvalue weighted by molar-refractivity contribution is 7.48. The molecule has 1 N–H and O–H groups in total. The van der Waals surface area contributed by atoms with Gasteiger partial charge >= 0.3 is 0 Å². The van der Waals surface area contributed by atoms with E-state index in [1.807, 2.05) is 0 Å². The van der Waals surface area contributed by atoms with E-state index in [-0.39, 0.29) is 5.75 Å². The largest absolute Gasteiger partial charge is 0.507 e. The maximum absolute atomic E-state index is 14.0. The first-order valence-electron chi connectivity index (χ1n) is 7.22. The molecular weight excluding hydrogens is 346 g/mol. The first kappa shape index (κ1) is 18.7. The highest BCUT2D eigenvalue weighted by Crippen LogP contribution is 2.48. The average Bonchev–Trinajstić information content (AvgIpc) is 2.57. The topological polar surface area (TPSA) is 20.2 Å². The molecule has 2 atom stereocenters. The van der Waals surface area contributed by atoms with Gasteiger partial charge in [0.15, 0.2) is 23.3 Å². The fourth-order valence-corrected chi connectivity index (χ4v) is 3.94. The van der Waals surface area contributed by atoms with E-state index < -0.39 is 48.1 Å². The lowest BCUT2D eigenvalue weighted by Gasteiger charge is -2.30. The van der Waals surface area contributed by atoms with Gasteiger partial charge in [0.2, 0.25) is 5.82 Å². The van der Waals surface area contributed by atoms with Gasteiger partial charge in [-0.2, -0.15) is 0 Å². The van der Waals surface area contributed by atoms with Crippen molar-refractivity contribution in [1.29, 1.82) is 0 Å². The van der Waals surface area contributed by atoms with Gasteiger partial charge < -0.3 is 5.11 Å². The molecule has 24 heavy (non-hydrogen) atoms. The molecule has 7 heteroatoms. The van der Waals surface area contributed by atoms with E-state index >= 15 is 0 Å². The molecule has 0 saturated heterocycles. The number of phenols is 1. The van der Waals surface area contributed by atoms with E-state index in [0.717, 1.165) is 0 Å². The Balaban J connectivity index is 2.62. The number of aryl methyl sites for hydroxylation is 1. The van der Waals surface area contributed by atoms with Crippen molar-refractivity contribution in [2.24, 2.45) is 0 Å². The fraction of sp³-hybridized carbons (Fsp3) is 0.294. The first-order valence-corrected chi connectivity index (χ1v) is 8.22. The summed E-state index contributed by atoms with van der Waals surface area (Å²) in [6.07, 6.45) is 0.335. The molecule has 0 spiro atoms. The minimum atomic E-state index is -2.17. The summed E-state index contributed by atoms with van der Waals surface area (Å²) in [6, 6.07) is 4.92. The summed E-state index contributed by atoms with van der Waals surface area (Å²) in [5.74, 6) is -9.77. The maximum atomic E-state index is 14.0. The second-order valence-electron chi connectivity index (χ2n) is 5.73. The molecule has 0 radical (unpaired) electrons. The van der Waals surface area contributed by atoms with Gasteiger partial charge in [-0.3, -0.25) is 0 Å². The molecule has 0 aliphatic rings.